The van der Waals surface area contributed by atoms with Gasteiger partial charge in [0, 0.05) is 124 Å². The summed E-state index contributed by atoms with van der Waals surface area (Å²) in [6.45, 7) is 0. The van der Waals surface area contributed by atoms with Gasteiger partial charge in [0.25, 0.3) is 0 Å². The molecule has 0 spiro atoms. The highest BCUT2D eigenvalue weighted by molar-refractivity contribution is 8.11. The summed E-state index contributed by atoms with van der Waals surface area (Å²) in [5.41, 5.74) is 0. The predicted molar refractivity (Wildman–Crippen MR) is 184 cm³/mol. The van der Waals surface area contributed by atoms with Crippen molar-refractivity contribution in [2.24, 2.45) is 0 Å². The molecule has 4 rings (SSSR count). The molecule has 6 unspecified atom stereocenters. The van der Waals surface area contributed by atoms with Crippen molar-refractivity contribution in [1.82, 2.24) is 0 Å². The molecule has 0 nitrogen and oxygen atoms in total. The summed E-state index contributed by atoms with van der Waals surface area (Å²) in [6.07, 6.45) is 0. The minimum absolute atomic E-state index is 0.854. The first-order valence-electron chi connectivity index (χ1n) is 11.9. The first-order valence-corrected chi connectivity index (χ1v) is 24.0. The molecule has 0 aliphatic carbocycles. The van der Waals surface area contributed by atoms with Crippen molar-refractivity contribution < 1.29 is 0 Å². The average Bonchev–Trinajstić information content (AvgIpc) is 3.62. The Kier molecular flexibility index (Phi) is 16.5. The Morgan fingerprint density at radius 1 is 0.455 bits per heavy atom. The molecule has 0 saturated carbocycles. The lowest BCUT2D eigenvalue weighted by molar-refractivity contribution is 1.11. The van der Waals surface area contributed by atoms with Gasteiger partial charge < -0.3 is 0 Å². The molecule has 0 bridgehead atoms. The van der Waals surface area contributed by atoms with Gasteiger partial charge in [-0.2, -0.15) is 129 Å². The Labute approximate surface area is 250 Å². The van der Waals surface area contributed by atoms with E-state index in [-0.39, 0.29) is 0 Å². The van der Waals surface area contributed by atoms with Crippen LogP contribution in [-0.2, 0) is 0 Å². The molecule has 0 N–H and O–H groups in total. The third kappa shape index (κ3) is 16.5. The summed E-state index contributed by atoms with van der Waals surface area (Å²) in [5, 5.41) is 5.67. The Morgan fingerprint density at radius 3 is 1.15 bits per heavy atom. The lowest BCUT2D eigenvalue weighted by atomic mass is 10.5. The highest BCUT2D eigenvalue weighted by atomic mass is 32.2. The van der Waals surface area contributed by atoms with E-state index in [0.29, 0.717) is 0 Å². The average molecular weight is 655 g/mol. The zero-order valence-electron chi connectivity index (χ0n) is 19.3. The van der Waals surface area contributed by atoms with Gasteiger partial charge in [-0.25, -0.2) is 0 Å². The van der Waals surface area contributed by atoms with Gasteiger partial charge in [-0.15, -0.1) is 0 Å². The van der Waals surface area contributed by atoms with Crippen LogP contribution in [0.15, 0.2) is 0 Å². The van der Waals surface area contributed by atoms with Crippen LogP contribution in [0, 0.1) is 0 Å². The fourth-order valence-corrected chi connectivity index (χ4v) is 16.4. The van der Waals surface area contributed by atoms with Gasteiger partial charge >= 0.3 is 0 Å². The lowest BCUT2D eigenvalue weighted by Crippen LogP contribution is -2.17. The van der Waals surface area contributed by atoms with Crippen molar-refractivity contribution in [2.45, 2.75) is 31.5 Å². The van der Waals surface area contributed by atoms with Crippen molar-refractivity contribution >= 4 is 129 Å². The molecule has 4 fully saturated rings. The van der Waals surface area contributed by atoms with Crippen LogP contribution in [0.1, 0.15) is 0 Å². The number of hydrogen-bond donors (Lipinski definition) is 0. The van der Waals surface area contributed by atoms with Gasteiger partial charge in [0.05, 0.1) is 0 Å². The van der Waals surface area contributed by atoms with E-state index in [9.17, 15) is 0 Å². The first-order chi connectivity index (χ1) is 16.3. The van der Waals surface area contributed by atoms with E-state index in [1.165, 1.54) is 92.0 Å². The summed E-state index contributed by atoms with van der Waals surface area (Å²) in [6, 6.07) is 0. The van der Waals surface area contributed by atoms with Crippen molar-refractivity contribution in [2.75, 3.05) is 92.0 Å². The molecule has 192 valence electrons. The number of rotatable bonds is 24. The normalized spacial score (nSPS) is 29.1. The maximum absolute atomic E-state index is 2.28. The van der Waals surface area contributed by atoms with Crippen molar-refractivity contribution in [3.05, 3.63) is 0 Å². The van der Waals surface area contributed by atoms with Crippen molar-refractivity contribution in [1.29, 1.82) is 0 Å². The van der Waals surface area contributed by atoms with Gasteiger partial charge in [0.15, 0.2) is 0 Å². The zero-order chi connectivity index (χ0) is 22.6. The topological polar surface area (TPSA) is 0 Å². The lowest BCUT2D eigenvalue weighted by Gasteiger charge is -2.19. The maximum Gasteiger partial charge on any atom is 0.0229 e. The fraction of sp³-hybridized carbons (Fsp3) is 1.00. The van der Waals surface area contributed by atoms with E-state index in [4.69, 9.17) is 0 Å². The summed E-state index contributed by atoms with van der Waals surface area (Å²) < 4.78 is 0. The standard InChI is InChI=1S/C22H38S11/c1(23-5-19-13-30-19)3-28-17(9-26-11-21-15-32-21)7-25-8-18(10-27-12-22-16-33-22)29-4-2-24-6-20-14-31-20/h17-22H,1-16H2. The van der Waals surface area contributed by atoms with Crippen molar-refractivity contribution in [3.8, 4) is 0 Å². The summed E-state index contributed by atoms with van der Waals surface area (Å²) >= 11 is 24.3. The van der Waals surface area contributed by atoms with E-state index in [1.54, 1.807) is 0 Å². The predicted octanol–water partition coefficient (Wildman–Crippen LogP) is 7.32. The Morgan fingerprint density at radius 2 is 0.788 bits per heavy atom. The Bertz CT molecular complexity index is 465. The van der Waals surface area contributed by atoms with Gasteiger partial charge in [-0.05, 0) is 0 Å². The maximum atomic E-state index is 2.28. The second-order valence-electron chi connectivity index (χ2n) is 8.57. The quantitative estimate of drug-likeness (QED) is 0.0760. The molecule has 0 amide bonds. The molecule has 0 aromatic rings. The third-order valence-corrected chi connectivity index (χ3v) is 19.9. The second kappa shape index (κ2) is 18.2. The van der Waals surface area contributed by atoms with E-state index < -0.39 is 0 Å². The highest BCUT2D eigenvalue weighted by Gasteiger charge is 2.25. The molecule has 0 aromatic heterocycles. The SMILES string of the molecule is C(CSC(CSCC(CSCC1CS1)SCCSCC1CS1)CSCC1CS1)SCC1CS1. The van der Waals surface area contributed by atoms with Gasteiger partial charge in [0.1, 0.15) is 0 Å². The first kappa shape index (κ1) is 29.8. The number of hydrogen-bond acceptors (Lipinski definition) is 11. The largest absolute Gasteiger partial charge is 0.160 e. The molecule has 4 saturated heterocycles. The molecule has 4 heterocycles. The zero-order valence-corrected chi connectivity index (χ0v) is 28.3. The van der Waals surface area contributed by atoms with Crippen LogP contribution in [-0.4, -0.2) is 124 Å². The molecule has 4 aliphatic rings. The van der Waals surface area contributed by atoms with Crippen LogP contribution < -0.4 is 0 Å². The molecule has 4 aliphatic heterocycles. The molecule has 33 heavy (non-hydrogen) atoms. The Balaban J connectivity index is 1.09. The minimum atomic E-state index is 0.854. The van der Waals surface area contributed by atoms with Gasteiger partial charge in [-0.1, -0.05) is 0 Å². The summed E-state index contributed by atoms with van der Waals surface area (Å²) in [5.74, 6) is 22.2. The second-order valence-corrected chi connectivity index (χ2v) is 22.2. The van der Waals surface area contributed by atoms with E-state index in [0.717, 1.165) is 31.5 Å². The van der Waals surface area contributed by atoms with Crippen LogP contribution in [0.4, 0.5) is 0 Å². The fourth-order valence-electron chi connectivity index (χ4n) is 2.92. The van der Waals surface area contributed by atoms with Crippen LogP contribution in [0.2, 0.25) is 0 Å². The molecule has 0 aromatic carbocycles. The highest BCUT2D eigenvalue weighted by Crippen LogP contribution is 2.37. The molecular formula is C22H38S11. The summed E-state index contributed by atoms with van der Waals surface area (Å²) in [4.78, 5) is 0. The van der Waals surface area contributed by atoms with Crippen LogP contribution in [0.5, 0.6) is 0 Å². The molecule has 11 heteroatoms. The molecular weight excluding hydrogens is 617 g/mol. The van der Waals surface area contributed by atoms with Crippen LogP contribution in [0.3, 0.4) is 0 Å². The number of thioether (sulfide) groups is 11. The van der Waals surface area contributed by atoms with Gasteiger partial charge in [0.2, 0.25) is 0 Å². The molecule has 6 atom stereocenters. The summed E-state index contributed by atoms with van der Waals surface area (Å²) in [7, 11) is 0. The van der Waals surface area contributed by atoms with E-state index in [1.807, 2.05) is 0 Å². The third-order valence-electron chi connectivity index (χ3n) is 5.20. The van der Waals surface area contributed by atoms with Crippen LogP contribution in [0.25, 0.3) is 0 Å². The van der Waals surface area contributed by atoms with Gasteiger partial charge in [-0.3, -0.25) is 0 Å². The minimum Gasteiger partial charge on any atom is -0.160 e. The van der Waals surface area contributed by atoms with Crippen molar-refractivity contribution in [3.63, 3.8) is 0 Å². The molecule has 0 radical (unpaired) electrons. The Hall–Kier alpha value is 3.85. The monoisotopic (exact) mass is 654 g/mol. The van der Waals surface area contributed by atoms with Crippen LogP contribution >= 0.6 is 129 Å². The van der Waals surface area contributed by atoms with E-state index >= 15 is 0 Å². The smallest absolute Gasteiger partial charge is 0.0229 e. The van der Waals surface area contributed by atoms with E-state index in [2.05, 4.69) is 129 Å².